The molecule has 9 heavy (non-hydrogen) atoms. The minimum atomic E-state index is 0.0317. The Morgan fingerprint density at radius 3 is 2.67 bits per heavy atom. The minimum absolute atomic E-state index is 0.0317. The summed E-state index contributed by atoms with van der Waals surface area (Å²) in [6.07, 6.45) is 0.933. The minimum Gasteiger partial charge on any atom is -0.354 e. The number of hydrogen-bond acceptors (Lipinski definition) is 2. The molecule has 0 bridgehead atoms. The normalized spacial score (nSPS) is 12.8. The van der Waals surface area contributed by atoms with E-state index < -0.39 is 0 Å². The van der Waals surface area contributed by atoms with Crippen LogP contribution in [0.3, 0.4) is 0 Å². The molecular weight excluding hydrogens is 134 g/mol. The molecule has 0 saturated carbocycles. The van der Waals surface area contributed by atoms with E-state index in [-0.39, 0.29) is 11.9 Å². The highest BCUT2D eigenvalue weighted by Crippen LogP contribution is 1.91. The Balaban J connectivity index is 3.26. The van der Waals surface area contributed by atoms with Crippen LogP contribution >= 0.6 is 12.6 Å². The van der Waals surface area contributed by atoms with Gasteiger partial charge in [0.25, 0.3) is 0 Å². The highest BCUT2D eigenvalue weighted by molar-refractivity contribution is 7.80. The lowest BCUT2D eigenvalue weighted by molar-refractivity contribution is -0.119. The van der Waals surface area contributed by atoms with E-state index in [4.69, 9.17) is 0 Å². The molecule has 0 aliphatic rings. The second-order valence-corrected chi connectivity index (χ2v) is 2.56. The molecule has 0 aliphatic heterocycles. The molecular formula is C6H13NOS. The molecule has 0 saturated heterocycles. The second kappa shape index (κ2) is 4.68. The van der Waals surface area contributed by atoms with Crippen LogP contribution in [0, 0.1) is 0 Å². The summed E-state index contributed by atoms with van der Waals surface area (Å²) in [4.78, 5) is 10.4. The van der Waals surface area contributed by atoms with Gasteiger partial charge in [-0.1, -0.05) is 0 Å². The van der Waals surface area contributed by atoms with Crippen LogP contribution in [-0.2, 0) is 4.79 Å². The van der Waals surface area contributed by atoms with E-state index >= 15 is 0 Å². The summed E-state index contributed by atoms with van der Waals surface area (Å²) in [5.74, 6) is 0.853. The molecule has 0 fully saturated rings. The van der Waals surface area contributed by atoms with Crippen molar-refractivity contribution >= 4 is 18.5 Å². The first-order valence-electron chi connectivity index (χ1n) is 3.04. The molecule has 1 unspecified atom stereocenters. The number of hydrogen-bond donors (Lipinski definition) is 2. The number of rotatable bonds is 3. The van der Waals surface area contributed by atoms with Gasteiger partial charge in [-0.3, -0.25) is 4.79 Å². The third-order valence-electron chi connectivity index (χ3n) is 1.01. The van der Waals surface area contributed by atoms with Gasteiger partial charge in [0.15, 0.2) is 0 Å². The smallest absolute Gasteiger partial charge is 0.217 e. The van der Waals surface area contributed by atoms with Gasteiger partial charge in [-0.15, -0.1) is 0 Å². The zero-order valence-electron chi connectivity index (χ0n) is 5.85. The number of thiol groups is 1. The van der Waals surface area contributed by atoms with Crippen molar-refractivity contribution in [3.63, 3.8) is 0 Å². The maximum absolute atomic E-state index is 10.4. The summed E-state index contributed by atoms with van der Waals surface area (Å²) >= 11 is 4.03. The summed E-state index contributed by atoms with van der Waals surface area (Å²) < 4.78 is 0. The fourth-order valence-corrected chi connectivity index (χ4v) is 1.00. The van der Waals surface area contributed by atoms with Crippen molar-refractivity contribution in [3.8, 4) is 0 Å². The van der Waals surface area contributed by atoms with Gasteiger partial charge >= 0.3 is 0 Å². The Morgan fingerprint density at radius 2 is 2.33 bits per heavy atom. The third-order valence-corrected chi connectivity index (χ3v) is 1.27. The van der Waals surface area contributed by atoms with Crippen LogP contribution < -0.4 is 5.32 Å². The first-order chi connectivity index (χ1) is 4.16. The van der Waals surface area contributed by atoms with Crippen molar-refractivity contribution in [2.24, 2.45) is 0 Å². The lowest BCUT2D eigenvalue weighted by Crippen LogP contribution is -2.30. The maximum Gasteiger partial charge on any atom is 0.217 e. The predicted molar refractivity (Wildman–Crippen MR) is 41.7 cm³/mol. The lowest BCUT2D eigenvalue weighted by Gasteiger charge is -2.09. The van der Waals surface area contributed by atoms with Crippen LogP contribution in [-0.4, -0.2) is 17.7 Å². The van der Waals surface area contributed by atoms with Crippen LogP contribution in [0.1, 0.15) is 20.3 Å². The van der Waals surface area contributed by atoms with Gasteiger partial charge in [-0.2, -0.15) is 12.6 Å². The van der Waals surface area contributed by atoms with E-state index in [1.807, 2.05) is 6.92 Å². The predicted octanol–water partition coefficient (Wildman–Crippen LogP) is 0.831. The summed E-state index contributed by atoms with van der Waals surface area (Å²) in [6, 6.07) is 0.264. The van der Waals surface area contributed by atoms with Crippen LogP contribution in [0.15, 0.2) is 0 Å². The van der Waals surface area contributed by atoms with E-state index in [0.29, 0.717) is 0 Å². The van der Waals surface area contributed by atoms with Crippen molar-refractivity contribution in [1.82, 2.24) is 5.32 Å². The Labute approximate surface area is 61.4 Å². The summed E-state index contributed by atoms with van der Waals surface area (Å²) in [7, 11) is 0. The van der Waals surface area contributed by atoms with Crippen molar-refractivity contribution < 1.29 is 4.79 Å². The Kier molecular flexibility index (Phi) is 4.58. The average Bonchev–Trinajstić information content (AvgIpc) is 1.63. The topological polar surface area (TPSA) is 29.1 Å². The monoisotopic (exact) mass is 147 g/mol. The van der Waals surface area contributed by atoms with Gasteiger partial charge in [0.2, 0.25) is 5.91 Å². The first-order valence-corrected chi connectivity index (χ1v) is 3.68. The van der Waals surface area contributed by atoms with E-state index in [0.717, 1.165) is 12.2 Å². The van der Waals surface area contributed by atoms with Crippen molar-refractivity contribution in [3.05, 3.63) is 0 Å². The van der Waals surface area contributed by atoms with Gasteiger partial charge < -0.3 is 5.32 Å². The summed E-state index contributed by atoms with van der Waals surface area (Å²) in [5, 5.41) is 2.76. The van der Waals surface area contributed by atoms with E-state index in [9.17, 15) is 4.79 Å². The molecule has 0 spiro atoms. The zero-order chi connectivity index (χ0) is 7.28. The SMILES string of the molecule is CC(=O)NC(C)CCS. The van der Waals surface area contributed by atoms with Gasteiger partial charge in [0.1, 0.15) is 0 Å². The molecule has 0 aliphatic carbocycles. The van der Waals surface area contributed by atoms with Crippen LogP contribution in [0.25, 0.3) is 0 Å². The van der Waals surface area contributed by atoms with Crippen molar-refractivity contribution in [2.45, 2.75) is 26.3 Å². The molecule has 0 aromatic carbocycles. The molecule has 54 valence electrons. The lowest BCUT2D eigenvalue weighted by atomic mass is 10.2. The van der Waals surface area contributed by atoms with Crippen LogP contribution in [0.2, 0.25) is 0 Å². The second-order valence-electron chi connectivity index (χ2n) is 2.11. The summed E-state index contributed by atoms with van der Waals surface area (Å²) in [5.41, 5.74) is 0. The van der Waals surface area contributed by atoms with E-state index in [1.165, 1.54) is 6.92 Å². The highest BCUT2D eigenvalue weighted by atomic mass is 32.1. The third kappa shape index (κ3) is 5.69. The van der Waals surface area contributed by atoms with Crippen LogP contribution in [0.5, 0.6) is 0 Å². The molecule has 3 heteroatoms. The molecule has 0 heterocycles. The fourth-order valence-electron chi connectivity index (χ4n) is 0.613. The number of carbonyl (C=O) groups is 1. The molecule has 0 radical (unpaired) electrons. The Hall–Kier alpha value is -0.180. The van der Waals surface area contributed by atoms with Crippen molar-refractivity contribution in [2.75, 3.05) is 5.75 Å². The number of nitrogens with one attached hydrogen (secondary N) is 1. The molecule has 1 N–H and O–H groups in total. The Bertz CT molecular complexity index is 95.1. The summed E-state index contributed by atoms with van der Waals surface area (Å²) in [6.45, 7) is 3.49. The molecule has 0 aromatic rings. The molecule has 1 amide bonds. The van der Waals surface area contributed by atoms with Gasteiger partial charge in [0, 0.05) is 13.0 Å². The van der Waals surface area contributed by atoms with Gasteiger partial charge in [-0.25, -0.2) is 0 Å². The first kappa shape index (κ1) is 8.82. The molecule has 0 aromatic heterocycles. The number of amides is 1. The van der Waals surface area contributed by atoms with Crippen LogP contribution in [0.4, 0.5) is 0 Å². The number of carbonyl (C=O) groups excluding carboxylic acids is 1. The van der Waals surface area contributed by atoms with Crippen molar-refractivity contribution in [1.29, 1.82) is 0 Å². The van der Waals surface area contributed by atoms with E-state index in [1.54, 1.807) is 0 Å². The fraction of sp³-hybridized carbons (Fsp3) is 0.833. The van der Waals surface area contributed by atoms with Gasteiger partial charge in [-0.05, 0) is 19.1 Å². The van der Waals surface area contributed by atoms with E-state index in [2.05, 4.69) is 17.9 Å². The Morgan fingerprint density at radius 1 is 1.78 bits per heavy atom. The molecule has 2 nitrogen and oxygen atoms in total. The largest absolute Gasteiger partial charge is 0.354 e. The highest BCUT2D eigenvalue weighted by Gasteiger charge is 1.99. The quantitative estimate of drug-likeness (QED) is 0.569. The maximum atomic E-state index is 10.4. The van der Waals surface area contributed by atoms with Gasteiger partial charge in [0.05, 0.1) is 0 Å². The average molecular weight is 147 g/mol. The molecule has 1 atom stereocenters. The molecule has 0 rings (SSSR count). The standard InChI is InChI=1S/C6H13NOS/c1-5(3-4-9)7-6(2)8/h5,9H,3-4H2,1-2H3,(H,7,8). The zero-order valence-corrected chi connectivity index (χ0v) is 6.74.